The van der Waals surface area contributed by atoms with E-state index in [-0.39, 0.29) is 31.2 Å². The molecule has 0 spiro atoms. The maximum absolute atomic E-state index is 11.6. The molecule has 7 heteroatoms. The van der Waals surface area contributed by atoms with Gasteiger partial charge in [0.15, 0.2) is 0 Å². The first-order valence-corrected chi connectivity index (χ1v) is 7.93. The summed E-state index contributed by atoms with van der Waals surface area (Å²) in [5.74, 6) is -1.04. The van der Waals surface area contributed by atoms with Gasteiger partial charge in [-0.3, -0.25) is 9.69 Å². The number of aliphatic carboxylic acids is 1. The third kappa shape index (κ3) is 17.4. The van der Waals surface area contributed by atoms with Crippen LogP contribution in [0.3, 0.4) is 0 Å². The van der Waals surface area contributed by atoms with Gasteiger partial charge in [0.05, 0.1) is 19.1 Å². The van der Waals surface area contributed by atoms with Crippen molar-refractivity contribution in [3.8, 4) is 0 Å². The van der Waals surface area contributed by atoms with Crippen molar-refractivity contribution >= 4 is 11.9 Å². The van der Waals surface area contributed by atoms with Gasteiger partial charge < -0.3 is 20.3 Å². The number of allylic oxidation sites excluding steroid dienone is 1. The largest absolute Gasteiger partial charge is 1.00 e. The average Bonchev–Trinajstić information content (AvgIpc) is 2.43. The molecular weight excluding hydrogens is 291 g/mol. The van der Waals surface area contributed by atoms with Crippen LogP contribution in [0.15, 0.2) is 17.1 Å². The van der Waals surface area contributed by atoms with Gasteiger partial charge in [0, 0.05) is 19.6 Å². The molecule has 0 saturated heterocycles. The van der Waals surface area contributed by atoms with Gasteiger partial charge in [0.2, 0.25) is 0 Å². The van der Waals surface area contributed by atoms with Crippen molar-refractivity contribution in [2.45, 2.75) is 52.1 Å². The summed E-state index contributed by atoms with van der Waals surface area (Å²) in [4.78, 5) is 16.4. The van der Waals surface area contributed by atoms with E-state index in [0.29, 0.717) is 32.6 Å². The summed E-state index contributed by atoms with van der Waals surface area (Å²) >= 11 is 0. The van der Waals surface area contributed by atoms with Gasteiger partial charge >= 0.3 is 24.8 Å². The summed E-state index contributed by atoms with van der Waals surface area (Å²) in [5.41, 5.74) is 0. The molecular formula is C16H29LiN2O4. The Hall–Kier alpha value is -0.803. The van der Waals surface area contributed by atoms with Gasteiger partial charge in [0.1, 0.15) is 0 Å². The van der Waals surface area contributed by atoms with E-state index < -0.39 is 12.1 Å². The maximum atomic E-state index is 11.6. The zero-order valence-corrected chi connectivity index (χ0v) is 14.7. The number of carboxylic acid groups (broad SMARTS) is 1. The van der Waals surface area contributed by atoms with Crippen LogP contribution in [0.2, 0.25) is 0 Å². The molecule has 0 radical (unpaired) electrons. The normalized spacial score (nSPS) is 13.3. The second-order valence-electron chi connectivity index (χ2n) is 5.39. The van der Waals surface area contributed by atoms with Crippen molar-refractivity contribution in [1.29, 1.82) is 0 Å². The van der Waals surface area contributed by atoms with E-state index in [1.165, 1.54) is 0 Å². The van der Waals surface area contributed by atoms with E-state index in [0.717, 1.165) is 19.3 Å². The van der Waals surface area contributed by atoms with Crippen LogP contribution in [0.25, 0.3) is 0 Å². The Balaban J connectivity index is 0. The van der Waals surface area contributed by atoms with Gasteiger partial charge in [0.25, 0.3) is 0 Å². The van der Waals surface area contributed by atoms with Gasteiger partial charge in [-0.25, -0.2) is 0 Å². The zero-order chi connectivity index (χ0) is 16.8. The number of nitrogens with zero attached hydrogens (tertiary/aromatic N) is 2. The summed E-state index contributed by atoms with van der Waals surface area (Å²) in [6, 6.07) is 0. The first kappa shape index (κ1) is 24.4. The van der Waals surface area contributed by atoms with Crippen LogP contribution in [0.1, 0.15) is 46.0 Å². The number of unbranched alkanes of at least 4 members (excludes halogenated alkanes) is 2. The third-order valence-electron chi connectivity index (χ3n) is 3.05. The Morgan fingerprint density at radius 3 is 2.61 bits per heavy atom. The molecule has 128 valence electrons. The van der Waals surface area contributed by atoms with Crippen molar-refractivity contribution in [3.05, 3.63) is 12.2 Å². The van der Waals surface area contributed by atoms with Crippen LogP contribution < -0.4 is 24.0 Å². The fraction of sp³-hybridized carbons (Fsp3) is 0.750. The van der Waals surface area contributed by atoms with Crippen LogP contribution >= 0.6 is 0 Å². The fourth-order valence-corrected chi connectivity index (χ4v) is 1.93. The number of hydrogen-bond acceptors (Lipinski definition) is 5. The monoisotopic (exact) mass is 320 g/mol. The smallest absolute Gasteiger partial charge is 0.862 e. The summed E-state index contributed by atoms with van der Waals surface area (Å²) in [6.45, 7) is 5.31. The zero-order valence-electron chi connectivity index (χ0n) is 14.7. The average molecular weight is 320 g/mol. The first-order chi connectivity index (χ1) is 10.5. The van der Waals surface area contributed by atoms with Crippen molar-refractivity contribution in [1.82, 2.24) is 4.90 Å². The molecule has 0 aliphatic heterocycles. The molecule has 1 atom stereocenters. The Morgan fingerprint density at radius 2 is 2.04 bits per heavy atom. The molecule has 0 aliphatic carbocycles. The van der Waals surface area contributed by atoms with Crippen molar-refractivity contribution in [2.24, 2.45) is 4.99 Å². The molecule has 0 aliphatic rings. The minimum atomic E-state index is -0.874. The van der Waals surface area contributed by atoms with Crippen molar-refractivity contribution in [3.63, 3.8) is 0 Å². The predicted molar refractivity (Wildman–Crippen MR) is 86.0 cm³/mol. The van der Waals surface area contributed by atoms with Crippen LogP contribution in [0, 0.1) is 0 Å². The summed E-state index contributed by atoms with van der Waals surface area (Å²) in [6.07, 6.45) is 6.89. The molecule has 0 saturated carbocycles. The van der Waals surface area contributed by atoms with E-state index in [1.54, 1.807) is 6.92 Å². The molecule has 0 amide bonds. The van der Waals surface area contributed by atoms with Crippen LogP contribution in [-0.2, 0) is 4.79 Å². The fourth-order valence-electron chi connectivity index (χ4n) is 1.93. The minimum absolute atomic E-state index is 0. The third-order valence-corrected chi connectivity index (χ3v) is 3.05. The summed E-state index contributed by atoms with van der Waals surface area (Å²) in [7, 11) is 0. The Bertz CT molecular complexity index is 360. The van der Waals surface area contributed by atoms with Crippen LogP contribution in [0.4, 0.5) is 0 Å². The number of rotatable bonds is 13. The molecule has 0 rings (SSSR count). The van der Waals surface area contributed by atoms with Gasteiger partial charge in [-0.1, -0.05) is 31.9 Å². The number of carbonyl (C=O) groups is 1. The Labute approximate surface area is 151 Å². The molecule has 1 unspecified atom stereocenters. The minimum Gasteiger partial charge on any atom is -0.862 e. The van der Waals surface area contributed by atoms with Crippen LogP contribution in [-0.4, -0.2) is 59.3 Å². The molecule has 23 heavy (non-hydrogen) atoms. The first-order valence-electron chi connectivity index (χ1n) is 7.93. The predicted octanol–water partition coefficient (Wildman–Crippen LogP) is -1.96. The summed E-state index contributed by atoms with van der Waals surface area (Å²) in [5, 5.41) is 29.6. The van der Waals surface area contributed by atoms with E-state index >= 15 is 0 Å². The molecule has 2 N–H and O–H groups in total. The van der Waals surface area contributed by atoms with Crippen LogP contribution in [0.5, 0.6) is 0 Å². The van der Waals surface area contributed by atoms with E-state index in [4.69, 9.17) is 5.11 Å². The molecule has 0 aromatic rings. The van der Waals surface area contributed by atoms with E-state index in [9.17, 15) is 15.0 Å². The number of aliphatic hydroxyl groups excluding tert-OH is 1. The maximum Gasteiger partial charge on any atom is 1.00 e. The standard InChI is InChI=1S/C16H30N2O4.Li/c1-3-4-5-6-7-8-15(20)17-10-12-18(13-14(2)19)11-9-16(21)22;/h6-7,14,19H,3-5,8-13H2,1-2H3,(H,17,20)(H,21,22);/q;+1/p-1/b7-6+;. The molecule has 0 bridgehead atoms. The number of carboxylic acids is 1. The second kappa shape index (κ2) is 16.1. The van der Waals surface area contributed by atoms with Gasteiger partial charge in [-0.15, -0.1) is 0 Å². The van der Waals surface area contributed by atoms with Gasteiger partial charge in [-0.2, -0.15) is 0 Å². The second-order valence-corrected chi connectivity index (χ2v) is 5.39. The molecule has 0 fully saturated rings. The Kier molecular flexibility index (Phi) is 17.1. The topological polar surface area (TPSA) is 96.2 Å². The SMILES string of the molecule is CCCC/C=C/CC([O-])=NCCN(CCC(=O)O)CC(C)O.[Li+]. The quantitative estimate of drug-likeness (QED) is 0.135. The number of hydrogen-bond donors (Lipinski definition) is 2. The molecule has 0 aromatic carbocycles. The molecule has 0 heterocycles. The Morgan fingerprint density at radius 1 is 1.35 bits per heavy atom. The number of aliphatic hydroxyl groups is 1. The van der Waals surface area contributed by atoms with E-state index in [2.05, 4.69) is 11.9 Å². The molecule has 6 nitrogen and oxygen atoms in total. The van der Waals surface area contributed by atoms with E-state index in [1.807, 2.05) is 17.1 Å². The van der Waals surface area contributed by atoms with Gasteiger partial charge in [-0.05, 0) is 25.7 Å². The molecule has 0 aromatic heterocycles. The number of aliphatic imine (C=N–C) groups is 1. The summed E-state index contributed by atoms with van der Waals surface area (Å²) < 4.78 is 0. The van der Waals surface area contributed by atoms with Crippen molar-refractivity contribution < 1.29 is 39.0 Å². The van der Waals surface area contributed by atoms with Crippen molar-refractivity contribution in [2.75, 3.05) is 26.2 Å².